The summed E-state index contributed by atoms with van der Waals surface area (Å²) in [5, 5.41) is 10.7. The number of ether oxygens (including phenoxy) is 1. The molecule has 0 fully saturated rings. The van der Waals surface area contributed by atoms with E-state index >= 15 is 0 Å². The average molecular weight is 223 g/mol. The smallest absolute Gasteiger partial charge is 0.187 e. The monoisotopic (exact) mass is 223 g/mol. The Balaban J connectivity index is 2.95. The van der Waals surface area contributed by atoms with Gasteiger partial charge in [-0.25, -0.2) is 0 Å². The third-order valence-corrected chi connectivity index (χ3v) is 2.17. The highest BCUT2D eigenvalue weighted by atomic mass is 16.5. The van der Waals surface area contributed by atoms with Crippen LogP contribution >= 0.6 is 0 Å². The van der Waals surface area contributed by atoms with Crippen LogP contribution in [0, 0.1) is 0 Å². The van der Waals surface area contributed by atoms with Crippen LogP contribution < -0.4 is 0 Å². The first kappa shape index (κ1) is 12.5. The van der Waals surface area contributed by atoms with E-state index in [2.05, 4.69) is 0 Å². The van der Waals surface area contributed by atoms with Gasteiger partial charge in [-0.2, -0.15) is 0 Å². The van der Waals surface area contributed by atoms with Crippen molar-refractivity contribution >= 4 is 5.78 Å². The molecule has 1 N–H and O–H groups in total. The molecule has 0 amide bonds. The second kappa shape index (κ2) is 4.53. The zero-order valence-electron chi connectivity index (χ0n) is 10.0. The predicted molar refractivity (Wildman–Crippen MR) is 60.7 cm³/mol. The fourth-order valence-electron chi connectivity index (χ4n) is 1.08. The number of nitrogens with zero attached hydrogens (tertiary/aromatic N) is 1. The third-order valence-electron chi connectivity index (χ3n) is 2.17. The Morgan fingerprint density at radius 1 is 1.38 bits per heavy atom. The summed E-state index contributed by atoms with van der Waals surface area (Å²) in [5.41, 5.74) is -0.0491. The lowest BCUT2D eigenvalue weighted by atomic mass is 10.0. The molecule has 0 aromatic rings. The van der Waals surface area contributed by atoms with Gasteiger partial charge in [0.25, 0.3) is 0 Å². The van der Waals surface area contributed by atoms with Crippen molar-refractivity contribution in [3.63, 3.8) is 0 Å². The van der Waals surface area contributed by atoms with Gasteiger partial charge in [-0.15, -0.1) is 0 Å². The number of methoxy groups -OCH3 is 1. The number of hydrogen-bond acceptors (Lipinski definition) is 4. The number of hydroxylamine groups is 2. The molecular formula is C12H17NO3. The standard InChI is InChI=1S/C12H17NO3/c1-12(2,3)13(15)8-9-7-10(16-4)5-6-11(9)14/h5-8,15H,1-4H3/b9-8-. The van der Waals surface area contributed by atoms with Crippen LogP contribution in [0.3, 0.4) is 0 Å². The Labute approximate surface area is 95.5 Å². The van der Waals surface area contributed by atoms with Crippen molar-refractivity contribution < 1.29 is 14.7 Å². The molecule has 0 aromatic heterocycles. The van der Waals surface area contributed by atoms with Crippen LogP contribution in [0.2, 0.25) is 0 Å². The van der Waals surface area contributed by atoms with E-state index in [0.29, 0.717) is 11.3 Å². The van der Waals surface area contributed by atoms with Gasteiger partial charge in [-0.3, -0.25) is 15.1 Å². The van der Waals surface area contributed by atoms with Gasteiger partial charge < -0.3 is 4.74 Å². The SMILES string of the molecule is COC1=C/C(=C/N(O)C(C)(C)C)C(=O)C=C1. The highest BCUT2D eigenvalue weighted by Crippen LogP contribution is 2.17. The average Bonchev–Trinajstić information content (AvgIpc) is 2.19. The molecule has 0 unspecified atom stereocenters. The number of ketones is 1. The summed E-state index contributed by atoms with van der Waals surface area (Å²) in [5.74, 6) is 0.442. The Hall–Kier alpha value is -1.55. The van der Waals surface area contributed by atoms with Gasteiger partial charge in [0.05, 0.1) is 12.6 Å². The molecule has 1 aliphatic carbocycles. The minimum Gasteiger partial charge on any atom is -0.497 e. The molecule has 0 aromatic carbocycles. The maximum atomic E-state index is 11.5. The molecule has 0 spiro atoms. The quantitative estimate of drug-likeness (QED) is 0.575. The predicted octanol–water partition coefficient (Wildman–Crippen LogP) is 2.03. The van der Waals surface area contributed by atoms with E-state index in [9.17, 15) is 10.0 Å². The summed E-state index contributed by atoms with van der Waals surface area (Å²) in [6.07, 6.45) is 6.02. The van der Waals surface area contributed by atoms with Gasteiger partial charge in [0.2, 0.25) is 0 Å². The summed E-state index contributed by atoms with van der Waals surface area (Å²) in [4.78, 5) is 11.5. The maximum absolute atomic E-state index is 11.5. The molecule has 0 saturated carbocycles. The Morgan fingerprint density at radius 2 is 2.00 bits per heavy atom. The Kier molecular flexibility index (Phi) is 3.55. The first-order chi connectivity index (χ1) is 7.34. The minimum atomic E-state index is -0.449. The normalized spacial score (nSPS) is 18.7. The van der Waals surface area contributed by atoms with Crippen LogP contribution in [0.5, 0.6) is 0 Å². The zero-order valence-corrected chi connectivity index (χ0v) is 10.0. The summed E-state index contributed by atoms with van der Waals surface area (Å²) < 4.78 is 5.02. The minimum absolute atomic E-state index is 0.149. The zero-order chi connectivity index (χ0) is 12.3. The summed E-state index contributed by atoms with van der Waals surface area (Å²) in [7, 11) is 1.53. The number of rotatable bonds is 2. The molecule has 16 heavy (non-hydrogen) atoms. The van der Waals surface area contributed by atoms with Crippen LogP contribution in [-0.4, -0.2) is 28.7 Å². The molecule has 1 aliphatic rings. The first-order valence-corrected chi connectivity index (χ1v) is 5.03. The van der Waals surface area contributed by atoms with Crippen molar-refractivity contribution in [1.82, 2.24) is 5.06 Å². The molecule has 0 aliphatic heterocycles. The van der Waals surface area contributed by atoms with Crippen LogP contribution in [0.4, 0.5) is 0 Å². The molecule has 0 heterocycles. The fourth-order valence-corrected chi connectivity index (χ4v) is 1.08. The second-order valence-corrected chi connectivity index (χ2v) is 4.55. The summed E-state index contributed by atoms with van der Waals surface area (Å²) in [6.45, 7) is 5.52. The van der Waals surface area contributed by atoms with E-state index in [-0.39, 0.29) is 5.78 Å². The number of carbonyl (C=O) groups excluding carboxylic acids is 1. The molecular weight excluding hydrogens is 206 g/mol. The van der Waals surface area contributed by atoms with Crippen molar-refractivity contribution in [3.8, 4) is 0 Å². The number of carbonyl (C=O) groups is 1. The van der Waals surface area contributed by atoms with E-state index in [0.717, 1.165) is 5.06 Å². The number of hydrogen-bond donors (Lipinski definition) is 1. The van der Waals surface area contributed by atoms with E-state index in [4.69, 9.17) is 4.74 Å². The summed E-state index contributed by atoms with van der Waals surface area (Å²) >= 11 is 0. The van der Waals surface area contributed by atoms with E-state index in [1.54, 1.807) is 12.2 Å². The molecule has 0 saturated heterocycles. The van der Waals surface area contributed by atoms with Crippen LogP contribution in [-0.2, 0) is 9.53 Å². The topological polar surface area (TPSA) is 49.8 Å². The van der Waals surface area contributed by atoms with Crippen molar-refractivity contribution in [2.45, 2.75) is 26.3 Å². The molecule has 0 bridgehead atoms. The van der Waals surface area contributed by atoms with Gasteiger partial charge in [-0.05, 0) is 39.0 Å². The van der Waals surface area contributed by atoms with Gasteiger partial charge in [0.1, 0.15) is 5.76 Å². The van der Waals surface area contributed by atoms with E-state index in [1.165, 1.54) is 19.4 Å². The highest BCUT2D eigenvalue weighted by molar-refractivity contribution is 6.07. The molecule has 1 rings (SSSR count). The van der Waals surface area contributed by atoms with Gasteiger partial charge >= 0.3 is 0 Å². The van der Waals surface area contributed by atoms with E-state index < -0.39 is 5.54 Å². The third kappa shape index (κ3) is 2.97. The first-order valence-electron chi connectivity index (χ1n) is 5.03. The lowest BCUT2D eigenvalue weighted by molar-refractivity contribution is -0.116. The van der Waals surface area contributed by atoms with Gasteiger partial charge in [-0.1, -0.05) is 0 Å². The van der Waals surface area contributed by atoms with Crippen molar-refractivity contribution in [2.75, 3.05) is 7.11 Å². The molecule has 4 heteroatoms. The lowest BCUT2D eigenvalue weighted by Gasteiger charge is -2.28. The van der Waals surface area contributed by atoms with Gasteiger partial charge in [0, 0.05) is 11.8 Å². The molecule has 4 nitrogen and oxygen atoms in total. The number of allylic oxidation sites excluding steroid dienone is 4. The van der Waals surface area contributed by atoms with Crippen molar-refractivity contribution in [3.05, 3.63) is 35.8 Å². The Bertz CT molecular complexity index is 372. The van der Waals surface area contributed by atoms with Crippen LogP contribution in [0.25, 0.3) is 0 Å². The van der Waals surface area contributed by atoms with Crippen molar-refractivity contribution in [1.29, 1.82) is 0 Å². The lowest BCUT2D eigenvalue weighted by Crippen LogP contribution is -2.34. The highest BCUT2D eigenvalue weighted by Gasteiger charge is 2.19. The molecule has 0 atom stereocenters. The van der Waals surface area contributed by atoms with Crippen LogP contribution in [0.15, 0.2) is 35.8 Å². The van der Waals surface area contributed by atoms with Crippen LogP contribution in [0.1, 0.15) is 20.8 Å². The molecule has 0 radical (unpaired) electrons. The summed E-state index contributed by atoms with van der Waals surface area (Å²) in [6, 6.07) is 0. The Morgan fingerprint density at radius 3 is 2.50 bits per heavy atom. The van der Waals surface area contributed by atoms with Gasteiger partial charge in [0.15, 0.2) is 5.78 Å². The second-order valence-electron chi connectivity index (χ2n) is 4.55. The van der Waals surface area contributed by atoms with E-state index in [1.807, 2.05) is 20.8 Å². The largest absolute Gasteiger partial charge is 0.497 e. The molecule has 88 valence electrons. The van der Waals surface area contributed by atoms with Crippen molar-refractivity contribution in [2.24, 2.45) is 0 Å². The maximum Gasteiger partial charge on any atom is 0.187 e. The fraction of sp³-hybridized carbons (Fsp3) is 0.417.